The lowest BCUT2D eigenvalue weighted by molar-refractivity contribution is -0.167. The van der Waals surface area contributed by atoms with Gasteiger partial charge in [0.05, 0.1) is 0 Å². The summed E-state index contributed by atoms with van der Waals surface area (Å²) in [4.78, 5) is 37.9. The van der Waals surface area contributed by atoms with Crippen LogP contribution in [0.15, 0.2) is 72.9 Å². The number of hydrogen-bond donors (Lipinski definition) is 0. The second kappa shape index (κ2) is 49.5. The molecule has 0 radical (unpaired) electrons. The first-order valence-electron chi connectivity index (χ1n) is 25.4. The summed E-state index contributed by atoms with van der Waals surface area (Å²) >= 11 is 0. The Hall–Kier alpha value is -3.15. The maximum Gasteiger partial charge on any atom is 0.306 e. The van der Waals surface area contributed by atoms with Gasteiger partial charge in [-0.3, -0.25) is 14.4 Å². The molecule has 61 heavy (non-hydrogen) atoms. The Balaban J connectivity index is 4.44. The Bertz CT molecular complexity index is 1160. The number of carbonyl (C=O) groups is 3. The van der Waals surface area contributed by atoms with Gasteiger partial charge < -0.3 is 14.2 Å². The molecule has 0 saturated heterocycles. The Morgan fingerprint density at radius 1 is 0.344 bits per heavy atom. The zero-order valence-corrected chi connectivity index (χ0v) is 39.9. The second-order valence-electron chi connectivity index (χ2n) is 16.7. The van der Waals surface area contributed by atoms with Gasteiger partial charge in [0.1, 0.15) is 13.2 Å². The van der Waals surface area contributed by atoms with Crippen LogP contribution in [0.1, 0.15) is 239 Å². The SMILES string of the molecule is CC/C=C\C/C=C\C/C=C\CCCCCCCC(=O)OC[C@H](COC(=O)CCCCCCC/C=C\C/C=C\CCCCC)OC(=O)CCCCCCC/C=C\CCCCCC. The van der Waals surface area contributed by atoms with E-state index >= 15 is 0 Å². The molecule has 6 nitrogen and oxygen atoms in total. The molecule has 0 aliphatic carbocycles. The van der Waals surface area contributed by atoms with E-state index in [1.807, 2.05) is 0 Å². The molecular weight excluding hydrogens is 757 g/mol. The average molecular weight is 851 g/mol. The van der Waals surface area contributed by atoms with Gasteiger partial charge in [0.2, 0.25) is 0 Å². The molecule has 0 N–H and O–H groups in total. The van der Waals surface area contributed by atoms with Crippen LogP contribution in [-0.4, -0.2) is 37.2 Å². The van der Waals surface area contributed by atoms with Gasteiger partial charge in [-0.05, 0) is 109 Å². The molecule has 0 aromatic heterocycles. The number of esters is 3. The molecular formula is C55H94O6. The van der Waals surface area contributed by atoms with Crippen LogP contribution in [0.25, 0.3) is 0 Å². The molecule has 0 bridgehead atoms. The molecule has 0 aromatic carbocycles. The molecule has 1 atom stereocenters. The van der Waals surface area contributed by atoms with E-state index in [0.29, 0.717) is 19.3 Å². The maximum atomic E-state index is 12.8. The van der Waals surface area contributed by atoms with Gasteiger partial charge in [0.15, 0.2) is 6.10 Å². The standard InChI is InChI=1S/C55H94O6/c1-4-7-10-13-16-19-22-25-27-30-32-35-38-41-44-47-53(56)59-50-52(61-55(58)49-46-43-40-37-34-29-24-21-18-15-12-9-6-3)51-60-54(57)48-45-42-39-36-33-31-28-26-23-20-17-14-11-8-5-2/h7,10,16-17,19-21,24-28,52H,4-6,8-9,11-15,18,22-23,29-51H2,1-3H3/b10-7-,19-16-,20-17-,24-21-,27-25-,28-26-/t52-/m1/s1. The van der Waals surface area contributed by atoms with Gasteiger partial charge >= 0.3 is 17.9 Å². The Morgan fingerprint density at radius 2 is 0.639 bits per heavy atom. The zero-order chi connectivity index (χ0) is 44.4. The highest BCUT2D eigenvalue weighted by molar-refractivity contribution is 5.71. The number of carbonyl (C=O) groups excluding carboxylic acids is 3. The summed E-state index contributed by atoms with van der Waals surface area (Å²) in [7, 11) is 0. The summed E-state index contributed by atoms with van der Waals surface area (Å²) in [6.45, 7) is 6.45. The molecule has 0 unspecified atom stereocenters. The minimum Gasteiger partial charge on any atom is -0.462 e. The van der Waals surface area contributed by atoms with Crippen molar-refractivity contribution < 1.29 is 28.6 Å². The fraction of sp³-hybridized carbons (Fsp3) is 0.727. The molecule has 0 amide bonds. The van der Waals surface area contributed by atoms with E-state index in [2.05, 4.69) is 93.7 Å². The molecule has 0 fully saturated rings. The van der Waals surface area contributed by atoms with Crippen LogP contribution in [0.3, 0.4) is 0 Å². The summed E-state index contributed by atoms with van der Waals surface area (Å²) in [5.41, 5.74) is 0. The molecule has 6 heteroatoms. The fourth-order valence-electron chi connectivity index (χ4n) is 6.83. The van der Waals surface area contributed by atoms with Crippen LogP contribution >= 0.6 is 0 Å². The van der Waals surface area contributed by atoms with E-state index < -0.39 is 6.10 Å². The molecule has 0 heterocycles. The Labute approximate surface area is 376 Å². The number of hydrogen-bond acceptors (Lipinski definition) is 6. The third-order valence-corrected chi connectivity index (χ3v) is 10.7. The number of ether oxygens (including phenoxy) is 3. The number of rotatable bonds is 45. The predicted molar refractivity (Wildman–Crippen MR) is 261 cm³/mol. The van der Waals surface area contributed by atoms with Crippen LogP contribution in [0.2, 0.25) is 0 Å². The molecule has 0 rings (SSSR count). The summed E-state index contributed by atoms with van der Waals surface area (Å²) in [6.07, 6.45) is 61.6. The molecule has 0 aliphatic heterocycles. The van der Waals surface area contributed by atoms with Crippen LogP contribution in [0.4, 0.5) is 0 Å². The van der Waals surface area contributed by atoms with Crippen molar-refractivity contribution in [2.24, 2.45) is 0 Å². The van der Waals surface area contributed by atoms with E-state index in [4.69, 9.17) is 14.2 Å². The van der Waals surface area contributed by atoms with Gasteiger partial charge in [-0.2, -0.15) is 0 Å². The monoisotopic (exact) mass is 851 g/mol. The van der Waals surface area contributed by atoms with Crippen molar-refractivity contribution >= 4 is 17.9 Å². The first kappa shape index (κ1) is 57.9. The quantitative estimate of drug-likeness (QED) is 0.0263. The Kier molecular flexibility index (Phi) is 46.9. The average Bonchev–Trinajstić information content (AvgIpc) is 3.26. The van der Waals surface area contributed by atoms with Gasteiger partial charge in [0, 0.05) is 19.3 Å². The van der Waals surface area contributed by atoms with Gasteiger partial charge in [0.25, 0.3) is 0 Å². The van der Waals surface area contributed by atoms with Crippen molar-refractivity contribution in [3.05, 3.63) is 72.9 Å². The predicted octanol–water partition coefficient (Wildman–Crippen LogP) is 16.6. The van der Waals surface area contributed by atoms with E-state index in [1.165, 1.54) is 64.2 Å². The van der Waals surface area contributed by atoms with Gasteiger partial charge in [-0.25, -0.2) is 0 Å². The minimum absolute atomic E-state index is 0.0920. The first-order chi connectivity index (χ1) is 30.0. The van der Waals surface area contributed by atoms with Gasteiger partial charge in [-0.1, -0.05) is 184 Å². The van der Waals surface area contributed by atoms with Crippen molar-refractivity contribution in [3.8, 4) is 0 Å². The lowest BCUT2D eigenvalue weighted by Gasteiger charge is -2.18. The number of unbranched alkanes of at least 4 members (excludes halogenated alkanes) is 22. The summed E-state index contributed by atoms with van der Waals surface area (Å²) < 4.78 is 16.8. The topological polar surface area (TPSA) is 78.9 Å². The lowest BCUT2D eigenvalue weighted by atomic mass is 10.1. The van der Waals surface area contributed by atoms with Crippen LogP contribution in [-0.2, 0) is 28.6 Å². The highest BCUT2D eigenvalue weighted by Gasteiger charge is 2.19. The maximum absolute atomic E-state index is 12.8. The summed E-state index contributed by atoms with van der Waals surface area (Å²) in [6, 6.07) is 0. The molecule has 0 aliphatic rings. The van der Waals surface area contributed by atoms with E-state index in [1.54, 1.807) is 0 Å². The first-order valence-corrected chi connectivity index (χ1v) is 25.4. The molecule has 0 spiro atoms. The van der Waals surface area contributed by atoms with Crippen molar-refractivity contribution in [1.29, 1.82) is 0 Å². The number of allylic oxidation sites excluding steroid dienone is 12. The second-order valence-corrected chi connectivity index (χ2v) is 16.7. The molecule has 0 saturated carbocycles. The summed E-state index contributed by atoms with van der Waals surface area (Å²) in [5, 5.41) is 0. The fourth-order valence-corrected chi connectivity index (χ4v) is 6.83. The van der Waals surface area contributed by atoms with Crippen molar-refractivity contribution in [1.82, 2.24) is 0 Å². The normalized spacial score (nSPS) is 12.6. The lowest BCUT2D eigenvalue weighted by Crippen LogP contribution is -2.30. The summed E-state index contributed by atoms with van der Waals surface area (Å²) in [5.74, 6) is -0.930. The highest BCUT2D eigenvalue weighted by Crippen LogP contribution is 2.13. The van der Waals surface area contributed by atoms with Crippen molar-refractivity contribution in [2.75, 3.05) is 13.2 Å². The van der Waals surface area contributed by atoms with Crippen molar-refractivity contribution in [3.63, 3.8) is 0 Å². The minimum atomic E-state index is -0.791. The third-order valence-electron chi connectivity index (χ3n) is 10.7. The smallest absolute Gasteiger partial charge is 0.306 e. The Morgan fingerprint density at radius 3 is 1.05 bits per heavy atom. The van der Waals surface area contributed by atoms with Crippen LogP contribution in [0, 0.1) is 0 Å². The van der Waals surface area contributed by atoms with Crippen LogP contribution < -0.4 is 0 Å². The van der Waals surface area contributed by atoms with E-state index in [-0.39, 0.29) is 31.1 Å². The van der Waals surface area contributed by atoms with E-state index in [9.17, 15) is 14.4 Å². The highest BCUT2D eigenvalue weighted by atomic mass is 16.6. The largest absolute Gasteiger partial charge is 0.462 e. The van der Waals surface area contributed by atoms with Crippen LogP contribution in [0.5, 0.6) is 0 Å². The van der Waals surface area contributed by atoms with E-state index in [0.717, 1.165) is 135 Å². The molecule has 350 valence electrons. The zero-order valence-electron chi connectivity index (χ0n) is 39.9. The van der Waals surface area contributed by atoms with Gasteiger partial charge in [-0.15, -0.1) is 0 Å². The third kappa shape index (κ3) is 47.7. The molecule has 0 aromatic rings. The van der Waals surface area contributed by atoms with Crippen molar-refractivity contribution in [2.45, 2.75) is 245 Å².